The summed E-state index contributed by atoms with van der Waals surface area (Å²) in [6.07, 6.45) is 0.919. The van der Waals surface area contributed by atoms with Gasteiger partial charge >= 0.3 is 0 Å². The van der Waals surface area contributed by atoms with E-state index in [9.17, 15) is 9.18 Å². The summed E-state index contributed by atoms with van der Waals surface area (Å²) < 4.78 is 15.7. The SMILES string of the molecule is Cc1cc2nc(C(=O)NC[C@@H]3CCN(c4ccccc4F)C3)cc(C)n2n1. The molecule has 1 N–H and O–H groups in total. The number of carbonyl (C=O) groups excluding carboxylic acids is 1. The maximum absolute atomic E-state index is 13.9. The number of nitrogens with zero attached hydrogens (tertiary/aromatic N) is 4. The Morgan fingerprint density at radius 3 is 2.93 bits per heavy atom. The standard InChI is InChI=1S/C20H22FN5O/c1-13-9-19-23-17(10-14(2)26(19)24-13)20(27)22-11-15-7-8-25(12-15)18-6-4-3-5-16(18)21/h3-6,9-10,15H,7-8,11-12H2,1-2H3,(H,22,27)/t15-/m0/s1. The topological polar surface area (TPSA) is 62.5 Å². The van der Waals surface area contributed by atoms with Gasteiger partial charge in [0.2, 0.25) is 0 Å². The predicted molar refractivity (Wildman–Crippen MR) is 102 cm³/mol. The number of carbonyl (C=O) groups is 1. The van der Waals surface area contributed by atoms with Crippen molar-refractivity contribution in [3.05, 3.63) is 59.3 Å². The largest absolute Gasteiger partial charge is 0.369 e. The molecular formula is C20H22FN5O. The Balaban J connectivity index is 1.39. The van der Waals surface area contributed by atoms with Gasteiger partial charge in [0.25, 0.3) is 5.91 Å². The van der Waals surface area contributed by atoms with Gasteiger partial charge in [-0.25, -0.2) is 13.9 Å². The third kappa shape index (κ3) is 3.49. The molecule has 3 aromatic rings. The van der Waals surface area contributed by atoms with Gasteiger partial charge in [0.1, 0.15) is 11.5 Å². The lowest BCUT2D eigenvalue weighted by Gasteiger charge is -2.19. The Bertz CT molecular complexity index is 999. The summed E-state index contributed by atoms with van der Waals surface area (Å²) in [6, 6.07) is 10.4. The molecule has 1 aromatic carbocycles. The molecule has 1 saturated heterocycles. The monoisotopic (exact) mass is 367 g/mol. The van der Waals surface area contributed by atoms with Gasteiger partial charge in [0.05, 0.1) is 11.4 Å². The molecule has 1 amide bonds. The van der Waals surface area contributed by atoms with Crippen molar-refractivity contribution >= 4 is 17.2 Å². The van der Waals surface area contributed by atoms with Crippen LogP contribution in [0, 0.1) is 25.6 Å². The minimum Gasteiger partial charge on any atom is -0.369 e. The molecule has 0 saturated carbocycles. The molecule has 2 aromatic heterocycles. The fourth-order valence-electron chi connectivity index (χ4n) is 3.61. The summed E-state index contributed by atoms with van der Waals surface area (Å²) in [7, 11) is 0. The summed E-state index contributed by atoms with van der Waals surface area (Å²) in [5.74, 6) is -0.106. The fourth-order valence-corrected chi connectivity index (χ4v) is 3.61. The number of hydrogen-bond donors (Lipinski definition) is 1. The van der Waals surface area contributed by atoms with Crippen molar-refractivity contribution in [1.82, 2.24) is 19.9 Å². The number of benzene rings is 1. The summed E-state index contributed by atoms with van der Waals surface area (Å²) in [4.78, 5) is 19.0. The zero-order valence-corrected chi connectivity index (χ0v) is 15.4. The highest BCUT2D eigenvalue weighted by Crippen LogP contribution is 2.25. The van der Waals surface area contributed by atoms with Crippen molar-refractivity contribution < 1.29 is 9.18 Å². The van der Waals surface area contributed by atoms with E-state index in [4.69, 9.17) is 0 Å². The van der Waals surface area contributed by atoms with Gasteiger partial charge in [-0.1, -0.05) is 12.1 Å². The second kappa shape index (κ2) is 6.98. The molecule has 0 aliphatic carbocycles. The summed E-state index contributed by atoms with van der Waals surface area (Å²) in [5.41, 5.74) is 3.42. The van der Waals surface area contributed by atoms with Crippen LogP contribution in [0.3, 0.4) is 0 Å². The van der Waals surface area contributed by atoms with Crippen LogP contribution in [0.4, 0.5) is 10.1 Å². The minimum absolute atomic E-state index is 0.191. The molecule has 0 bridgehead atoms. The number of rotatable bonds is 4. The van der Waals surface area contributed by atoms with Gasteiger partial charge in [0, 0.05) is 31.4 Å². The van der Waals surface area contributed by atoms with E-state index in [1.54, 1.807) is 22.7 Å². The van der Waals surface area contributed by atoms with Crippen LogP contribution in [0.1, 0.15) is 28.3 Å². The Morgan fingerprint density at radius 1 is 1.30 bits per heavy atom. The van der Waals surface area contributed by atoms with Crippen molar-refractivity contribution in [3.8, 4) is 0 Å². The average molecular weight is 367 g/mol. The van der Waals surface area contributed by atoms with E-state index in [1.807, 2.05) is 30.9 Å². The first-order valence-corrected chi connectivity index (χ1v) is 9.13. The van der Waals surface area contributed by atoms with E-state index in [0.29, 0.717) is 23.6 Å². The zero-order valence-electron chi connectivity index (χ0n) is 15.4. The number of halogens is 1. The molecule has 0 unspecified atom stereocenters. The first-order chi connectivity index (χ1) is 13.0. The molecule has 1 aliphatic heterocycles. The van der Waals surface area contributed by atoms with Crippen LogP contribution in [0.2, 0.25) is 0 Å². The maximum atomic E-state index is 13.9. The van der Waals surface area contributed by atoms with Crippen molar-refractivity contribution in [2.75, 3.05) is 24.5 Å². The second-order valence-electron chi connectivity index (χ2n) is 7.10. The number of amides is 1. The molecule has 1 aliphatic rings. The predicted octanol–water partition coefficient (Wildman–Crippen LogP) is 2.74. The van der Waals surface area contributed by atoms with E-state index in [2.05, 4.69) is 15.4 Å². The number of anilines is 1. The van der Waals surface area contributed by atoms with E-state index in [1.165, 1.54) is 6.07 Å². The van der Waals surface area contributed by atoms with Crippen molar-refractivity contribution in [3.63, 3.8) is 0 Å². The second-order valence-corrected chi connectivity index (χ2v) is 7.10. The number of aromatic nitrogens is 3. The number of nitrogens with one attached hydrogen (secondary N) is 1. The highest BCUT2D eigenvalue weighted by Gasteiger charge is 2.25. The van der Waals surface area contributed by atoms with Crippen LogP contribution >= 0.6 is 0 Å². The van der Waals surface area contributed by atoms with Crippen LogP contribution in [0.15, 0.2) is 36.4 Å². The van der Waals surface area contributed by atoms with E-state index in [-0.39, 0.29) is 17.6 Å². The lowest BCUT2D eigenvalue weighted by atomic mass is 10.1. The first-order valence-electron chi connectivity index (χ1n) is 9.13. The normalized spacial score (nSPS) is 16.9. The molecule has 0 radical (unpaired) electrons. The van der Waals surface area contributed by atoms with Crippen molar-refractivity contribution in [2.24, 2.45) is 5.92 Å². The molecule has 1 atom stereocenters. The van der Waals surface area contributed by atoms with Crippen LogP contribution in [-0.2, 0) is 0 Å². The van der Waals surface area contributed by atoms with E-state index >= 15 is 0 Å². The van der Waals surface area contributed by atoms with Gasteiger partial charge in [-0.15, -0.1) is 0 Å². The third-order valence-electron chi connectivity index (χ3n) is 4.99. The number of aryl methyl sites for hydroxylation is 2. The number of fused-ring (bicyclic) bond motifs is 1. The minimum atomic E-state index is -0.203. The van der Waals surface area contributed by atoms with Crippen molar-refractivity contribution in [1.29, 1.82) is 0 Å². The van der Waals surface area contributed by atoms with Crippen LogP contribution in [-0.4, -0.2) is 40.1 Å². The molecule has 6 nitrogen and oxygen atoms in total. The summed E-state index contributed by atoms with van der Waals surface area (Å²) in [5, 5.41) is 7.33. The van der Waals surface area contributed by atoms with Crippen LogP contribution < -0.4 is 10.2 Å². The molecule has 27 heavy (non-hydrogen) atoms. The van der Waals surface area contributed by atoms with E-state index < -0.39 is 0 Å². The zero-order chi connectivity index (χ0) is 19.0. The first kappa shape index (κ1) is 17.5. The van der Waals surface area contributed by atoms with E-state index in [0.717, 1.165) is 30.9 Å². The quantitative estimate of drug-likeness (QED) is 0.770. The van der Waals surface area contributed by atoms with Gasteiger partial charge in [-0.2, -0.15) is 5.10 Å². The van der Waals surface area contributed by atoms with Gasteiger partial charge in [-0.3, -0.25) is 4.79 Å². The lowest BCUT2D eigenvalue weighted by molar-refractivity contribution is 0.0943. The molecule has 140 valence electrons. The van der Waals surface area contributed by atoms with Crippen molar-refractivity contribution in [2.45, 2.75) is 20.3 Å². The fraction of sp³-hybridized carbons (Fsp3) is 0.350. The molecular weight excluding hydrogens is 345 g/mol. The average Bonchev–Trinajstić information content (AvgIpc) is 3.26. The summed E-state index contributed by atoms with van der Waals surface area (Å²) >= 11 is 0. The Hall–Kier alpha value is -2.96. The lowest BCUT2D eigenvalue weighted by Crippen LogP contribution is -2.31. The molecule has 3 heterocycles. The molecule has 0 spiro atoms. The highest BCUT2D eigenvalue weighted by atomic mass is 19.1. The molecule has 4 rings (SSSR count). The summed E-state index contributed by atoms with van der Waals surface area (Å²) in [6.45, 7) is 5.87. The Kier molecular flexibility index (Phi) is 4.51. The molecule has 7 heteroatoms. The van der Waals surface area contributed by atoms with Gasteiger partial charge < -0.3 is 10.2 Å². The third-order valence-corrected chi connectivity index (χ3v) is 4.99. The van der Waals surface area contributed by atoms with Crippen LogP contribution in [0.25, 0.3) is 5.65 Å². The Labute approximate surface area is 157 Å². The Morgan fingerprint density at radius 2 is 2.11 bits per heavy atom. The number of hydrogen-bond acceptors (Lipinski definition) is 4. The highest BCUT2D eigenvalue weighted by molar-refractivity contribution is 5.92. The van der Waals surface area contributed by atoms with Gasteiger partial charge in [0.15, 0.2) is 5.65 Å². The number of para-hydroxylation sites is 1. The smallest absolute Gasteiger partial charge is 0.270 e. The van der Waals surface area contributed by atoms with Crippen LogP contribution in [0.5, 0.6) is 0 Å². The van der Waals surface area contributed by atoms with Gasteiger partial charge in [-0.05, 0) is 44.4 Å². The maximum Gasteiger partial charge on any atom is 0.270 e. The molecule has 1 fully saturated rings.